The third kappa shape index (κ3) is 3.13. The van der Waals surface area contributed by atoms with Gasteiger partial charge in [0.2, 0.25) is 0 Å². The van der Waals surface area contributed by atoms with Gasteiger partial charge in [0.1, 0.15) is 5.76 Å². The lowest BCUT2D eigenvalue weighted by molar-refractivity contribution is 0.0868. The maximum Gasteiger partial charge on any atom is 0.138 e. The van der Waals surface area contributed by atoms with Crippen molar-refractivity contribution in [2.24, 2.45) is 13.0 Å². The summed E-state index contributed by atoms with van der Waals surface area (Å²) in [5, 5.41) is 8.56. The molecule has 1 aliphatic carbocycles. The molecular formula is C18H26N4O2. The Hall–Kier alpha value is -1.66. The largest absolute Gasteiger partial charge is 0.380 e. The topological polar surface area (TPSA) is 56.3 Å². The Morgan fingerprint density at radius 3 is 2.83 bits per heavy atom. The Balaban J connectivity index is 1.49. The summed E-state index contributed by atoms with van der Waals surface area (Å²) in [5.74, 6) is 2.10. The molecule has 0 N–H and O–H groups in total. The first-order valence-corrected chi connectivity index (χ1v) is 8.84. The van der Waals surface area contributed by atoms with E-state index in [-0.39, 0.29) is 0 Å². The molecule has 24 heavy (non-hydrogen) atoms. The highest BCUT2D eigenvalue weighted by Gasteiger charge is 2.30. The van der Waals surface area contributed by atoms with Crippen LogP contribution in [-0.2, 0) is 24.9 Å². The SMILES string of the molecule is Cc1noc(C)c1CN1Cc2cnn(C)c2[C@@H](COCC2CC2)C1. The van der Waals surface area contributed by atoms with Crippen LogP contribution < -0.4 is 0 Å². The van der Waals surface area contributed by atoms with Gasteiger partial charge in [-0.1, -0.05) is 5.16 Å². The molecule has 2 aliphatic rings. The van der Waals surface area contributed by atoms with Gasteiger partial charge in [-0.25, -0.2) is 0 Å². The summed E-state index contributed by atoms with van der Waals surface area (Å²) < 4.78 is 13.3. The van der Waals surface area contributed by atoms with Crippen LogP contribution in [0.4, 0.5) is 0 Å². The smallest absolute Gasteiger partial charge is 0.138 e. The first-order valence-electron chi connectivity index (χ1n) is 8.84. The summed E-state index contributed by atoms with van der Waals surface area (Å²) in [6.45, 7) is 8.48. The van der Waals surface area contributed by atoms with E-state index in [1.807, 2.05) is 31.8 Å². The van der Waals surface area contributed by atoms with Gasteiger partial charge in [0, 0.05) is 56.0 Å². The molecule has 1 saturated carbocycles. The predicted octanol–water partition coefficient (Wildman–Crippen LogP) is 2.55. The predicted molar refractivity (Wildman–Crippen MR) is 89.6 cm³/mol. The molecule has 0 aromatic carbocycles. The Kier molecular flexibility index (Phi) is 4.18. The van der Waals surface area contributed by atoms with Crippen molar-refractivity contribution in [1.29, 1.82) is 0 Å². The first kappa shape index (κ1) is 15.8. The number of fused-ring (bicyclic) bond motifs is 1. The number of hydrogen-bond acceptors (Lipinski definition) is 5. The summed E-state index contributed by atoms with van der Waals surface area (Å²) in [4.78, 5) is 2.46. The maximum absolute atomic E-state index is 6.01. The zero-order chi connectivity index (χ0) is 16.7. The van der Waals surface area contributed by atoms with Gasteiger partial charge in [0.05, 0.1) is 18.5 Å². The highest BCUT2D eigenvalue weighted by molar-refractivity contribution is 5.27. The molecule has 2 aromatic rings. The van der Waals surface area contributed by atoms with Gasteiger partial charge in [-0.15, -0.1) is 0 Å². The van der Waals surface area contributed by atoms with Crippen molar-refractivity contribution in [2.45, 2.75) is 45.7 Å². The molecule has 130 valence electrons. The molecule has 6 nitrogen and oxygen atoms in total. The van der Waals surface area contributed by atoms with Gasteiger partial charge >= 0.3 is 0 Å². The van der Waals surface area contributed by atoms with Gasteiger partial charge in [-0.2, -0.15) is 5.10 Å². The summed E-state index contributed by atoms with van der Waals surface area (Å²) in [7, 11) is 2.04. The van der Waals surface area contributed by atoms with E-state index in [9.17, 15) is 0 Å². The van der Waals surface area contributed by atoms with E-state index in [1.165, 1.54) is 29.7 Å². The standard InChI is InChI=1S/C18H26N4O2/c1-12-17(13(2)24-20-12)9-22-7-15-6-19-21(3)18(15)16(8-22)11-23-10-14-4-5-14/h6,14,16H,4-5,7-11H2,1-3H3/t16-/m1/s1. The third-order valence-corrected chi connectivity index (χ3v) is 5.26. The van der Waals surface area contributed by atoms with E-state index in [0.717, 1.165) is 50.2 Å². The van der Waals surface area contributed by atoms with E-state index in [1.54, 1.807) is 0 Å². The average molecular weight is 330 g/mol. The fourth-order valence-corrected chi connectivity index (χ4v) is 3.71. The van der Waals surface area contributed by atoms with Crippen LogP contribution in [0.25, 0.3) is 0 Å². The second-order valence-electron chi connectivity index (χ2n) is 7.33. The minimum absolute atomic E-state index is 0.375. The average Bonchev–Trinajstić information content (AvgIpc) is 3.24. The zero-order valence-corrected chi connectivity index (χ0v) is 14.8. The minimum Gasteiger partial charge on any atom is -0.380 e. The third-order valence-electron chi connectivity index (χ3n) is 5.26. The Morgan fingerprint density at radius 1 is 1.29 bits per heavy atom. The summed E-state index contributed by atoms with van der Waals surface area (Å²) >= 11 is 0. The molecule has 4 rings (SSSR count). The van der Waals surface area contributed by atoms with Crippen molar-refractivity contribution in [2.75, 3.05) is 19.8 Å². The molecule has 0 bridgehead atoms. The molecule has 3 heterocycles. The molecule has 1 aliphatic heterocycles. The summed E-state index contributed by atoms with van der Waals surface area (Å²) in [5.41, 5.74) is 4.85. The second-order valence-corrected chi connectivity index (χ2v) is 7.33. The van der Waals surface area contributed by atoms with Crippen molar-refractivity contribution in [3.05, 3.63) is 34.5 Å². The molecule has 1 fully saturated rings. The molecular weight excluding hydrogens is 304 g/mol. The highest BCUT2D eigenvalue weighted by Crippen LogP contribution is 2.32. The van der Waals surface area contributed by atoms with Gasteiger partial charge in [-0.05, 0) is 32.6 Å². The normalized spacial score (nSPS) is 21.2. The maximum atomic E-state index is 6.01. The van der Waals surface area contributed by atoms with E-state index in [4.69, 9.17) is 9.26 Å². The molecule has 2 aromatic heterocycles. The molecule has 6 heteroatoms. The number of hydrogen-bond donors (Lipinski definition) is 0. The summed E-state index contributed by atoms with van der Waals surface area (Å²) in [6.07, 6.45) is 4.67. The number of nitrogens with zero attached hydrogens (tertiary/aromatic N) is 4. The number of aryl methyl sites for hydroxylation is 3. The highest BCUT2D eigenvalue weighted by atomic mass is 16.5. The number of rotatable bonds is 6. The van der Waals surface area contributed by atoms with Crippen LogP contribution in [0, 0.1) is 19.8 Å². The van der Waals surface area contributed by atoms with Crippen molar-refractivity contribution >= 4 is 0 Å². The fraction of sp³-hybridized carbons (Fsp3) is 0.667. The minimum atomic E-state index is 0.375. The quantitative estimate of drug-likeness (QED) is 0.815. The van der Waals surface area contributed by atoms with Gasteiger partial charge in [0.15, 0.2) is 0 Å². The molecule has 0 saturated heterocycles. The fourth-order valence-electron chi connectivity index (χ4n) is 3.71. The van der Waals surface area contributed by atoms with E-state index >= 15 is 0 Å². The molecule has 0 spiro atoms. The van der Waals surface area contributed by atoms with E-state index < -0.39 is 0 Å². The van der Waals surface area contributed by atoms with Crippen LogP contribution in [0.15, 0.2) is 10.7 Å². The summed E-state index contributed by atoms with van der Waals surface area (Å²) in [6, 6.07) is 0. The lowest BCUT2D eigenvalue weighted by Gasteiger charge is -2.33. The van der Waals surface area contributed by atoms with Crippen LogP contribution in [0.1, 0.15) is 47.0 Å². The van der Waals surface area contributed by atoms with Crippen LogP contribution in [0.2, 0.25) is 0 Å². The van der Waals surface area contributed by atoms with Gasteiger partial charge in [-0.3, -0.25) is 9.58 Å². The van der Waals surface area contributed by atoms with Crippen molar-refractivity contribution in [3.8, 4) is 0 Å². The van der Waals surface area contributed by atoms with Crippen molar-refractivity contribution in [1.82, 2.24) is 19.8 Å². The van der Waals surface area contributed by atoms with Crippen molar-refractivity contribution in [3.63, 3.8) is 0 Å². The Labute approximate surface area is 142 Å². The van der Waals surface area contributed by atoms with Gasteiger partial charge in [0.25, 0.3) is 0 Å². The monoisotopic (exact) mass is 330 g/mol. The lowest BCUT2D eigenvalue weighted by atomic mass is 9.96. The van der Waals surface area contributed by atoms with Crippen molar-refractivity contribution < 1.29 is 9.26 Å². The van der Waals surface area contributed by atoms with Crippen LogP contribution >= 0.6 is 0 Å². The zero-order valence-electron chi connectivity index (χ0n) is 14.8. The molecule has 0 amide bonds. The first-order chi connectivity index (χ1) is 11.6. The lowest BCUT2D eigenvalue weighted by Crippen LogP contribution is -2.36. The van der Waals surface area contributed by atoms with E-state index in [2.05, 4.69) is 15.2 Å². The van der Waals surface area contributed by atoms with Crippen LogP contribution in [-0.4, -0.2) is 39.6 Å². The second kappa shape index (κ2) is 6.33. The van der Waals surface area contributed by atoms with Crippen LogP contribution in [0.5, 0.6) is 0 Å². The Bertz CT molecular complexity index is 697. The molecule has 0 unspecified atom stereocenters. The molecule has 0 radical (unpaired) electrons. The number of aromatic nitrogens is 3. The van der Waals surface area contributed by atoms with Crippen LogP contribution in [0.3, 0.4) is 0 Å². The Morgan fingerprint density at radius 2 is 2.12 bits per heavy atom. The van der Waals surface area contributed by atoms with Gasteiger partial charge < -0.3 is 9.26 Å². The molecule has 1 atom stereocenters. The van der Waals surface area contributed by atoms with E-state index in [0.29, 0.717) is 5.92 Å². The number of ether oxygens (including phenoxy) is 1.